The van der Waals surface area contributed by atoms with Crippen LogP contribution in [0.15, 0.2) is 23.1 Å². The zero-order chi connectivity index (χ0) is 18.7. The first-order chi connectivity index (χ1) is 12.4. The van der Waals surface area contributed by atoms with E-state index in [1.807, 2.05) is 0 Å². The number of halogens is 1. The topological polar surface area (TPSA) is 93.9 Å². The normalized spacial score (nSPS) is 14.5. The highest BCUT2D eigenvalue weighted by Gasteiger charge is 2.17. The summed E-state index contributed by atoms with van der Waals surface area (Å²) in [7, 11) is -3.49. The molecule has 1 aliphatic rings. The van der Waals surface area contributed by atoms with E-state index in [-0.39, 0.29) is 21.4 Å². The summed E-state index contributed by atoms with van der Waals surface area (Å²) in [5.74, 6) is 1.54. The van der Waals surface area contributed by atoms with Crippen molar-refractivity contribution < 1.29 is 13.2 Å². The van der Waals surface area contributed by atoms with Gasteiger partial charge in [-0.25, -0.2) is 8.42 Å². The monoisotopic (exact) mass is 396 g/mol. The van der Waals surface area contributed by atoms with Crippen molar-refractivity contribution in [3.05, 3.63) is 40.4 Å². The molecule has 1 aliphatic heterocycles. The van der Waals surface area contributed by atoms with Crippen molar-refractivity contribution in [1.29, 1.82) is 0 Å². The third-order valence-corrected chi connectivity index (χ3v) is 5.99. The Labute approximate surface area is 157 Å². The lowest BCUT2D eigenvalue weighted by atomic mass is 10.2. The molecule has 0 unspecified atom stereocenters. The minimum Gasteiger partial charge on any atom is -0.352 e. The maximum atomic E-state index is 12.3. The molecule has 0 aliphatic carbocycles. The molecule has 7 nitrogen and oxygen atoms in total. The maximum absolute atomic E-state index is 12.3. The molecule has 0 bridgehead atoms. The predicted octanol–water partition coefficient (Wildman–Crippen LogP) is 2.03. The molecule has 0 saturated heterocycles. The predicted molar refractivity (Wildman–Crippen MR) is 98.2 cm³/mol. The van der Waals surface area contributed by atoms with Crippen molar-refractivity contribution in [2.45, 2.75) is 43.5 Å². The SMILES string of the molecule is CS(=O)(=O)c1cc(C(=O)NCCc2nnc3n2CCCCC3)ccc1Cl. The van der Waals surface area contributed by atoms with Gasteiger partial charge in [0, 0.05) is 37.8 Å². The zero-order valence-electron chi connectivity index (χ0n) is 14.5. The first-order valence-corrected chi connectivity index (χ1v) is 10.8. The van der Waals surface area contributed by atoms with Gasteiger partial charge in [0.15, 0.2) is 9.84 Å². The largest absolute Gasteiger partial charge is 0.352 e. The Morgan fingerprint density at radius 1 is 1.27 bits per heavy atom. The van der Waals surface area contributed by atoms with Crippen LogP contribution in [0.2, 0.25) is 5.02 Å². The number of hydrogen-bond acceptors (Lipinski definition) is 5. The smallest absolute Gasteiger partial charge is 0.251 e. The van der Waals surface area contributed by atoms with Crippen LogP contribution in [0, 0.1) is 0 Å². The molecule has 140 valence electrons. The van der Waals surface area contributed by atoms with Crippen LogP contribution >= 0.6 is 11.6 Å². The van der Waals surface area contributed by atoms with E-state index in [4.69, 9.17) is 11.6 Å². The van der Waals surface area contributed by atoms with Crippen LogP contribution in [0.4, 0.5) is 0 Å². The number of nitrogens with one attached hydrogen (secondary N) is 1. The minimum absolute atomic E-state index is 0.0467. The molecule has 1 aromatic heterocycles. The highest BCUT2D eigenvalue weighted by Crippen LogP contribution is 2.22. The van der Waals surface area contributed by atoms with Crippen molar-refractivity contribution in [3.8, 4) is 0 Å². The van der Waals surface area contributed by atoms with Crippen molar-refractivity contribution in [3.63, 3.8) is 0 Å². The molecular formula is C17H21ClN4O3S. The van der Waals surface area contributed by atoms with Gasteiger partial charge >= 0.3 is 0 Å². The van der Waals surface area contributed by atoms with Gasteiger partial charge in [0.25, 0.3) is 5.91 Å². The lowest BCUT2D eigenvalue weighted by Gasteiger charge is -2.09. The summed E-state index contributed by atoms with van der Waals surface area (Å²) < 4.78 is 25.6. The van der Waals surface area contributed by atoms with Crippen molar-refractivity contribution >= 4 is 27.3 Å². The Balaban J connectivity index is 1.64. The van der Waals surface area contributed by atoms with Crippen LogP contribution < -0.4 is 5.32 Å². The number of nitrogens with zero attached hydrogens (tertiary/aromatic N) is 3. The van der Waals surface area contributed by atoms with Gasteiger partial charge in [0.05, 0.1) is 9.92 Å². The zero-order valence-corrected chi connectivity index (χ0v) is 16.1. The van der Waals surface area contributed by atoms with Crippen LogP contribution in [0.5, 0.6) is 0 Å². The van der Waals surface area contributed by atoms with E-state index in [0.717, 1.165) is 43.7 Å². The summed E-state index contributed by atoms with van der Waals surface area (Å²) in [6.45, 7) is 1.31. The number of aromatic nitrogens is 3. The summed E-state index contributed by atoms with van der Waals surface area (Å²) in [6.07, 6.45) is 6.02. The van der Waals surface area contributed by atoms with Gasteiger partial charge in [-0.05, 0) is 31.0 Å². The summed E-state index contributed by atoms with van der Waals surface area (Å²) >= 11 is 5.91. The van der Waals surface area contributed by atoms with Crippen LogP contribution in [0.1, 0.15) is 41.3 Å². The Morgan fingerprint density at radius 3 is 2.85 bits per heavy atom. The second kappa shape index (κ2) is 7.75. The molecule has 1 amide bonds. The van der Waals surface area contributed by atoms with E-state index in [1.54, 1.807) is 0 Å². The van der Waals surface area contributed by atoms with Crippen molar-refractivity contribution in [2.24, 2.45) is 0 Å². The number of carbonyl (C=O) groups is 1. The molecule has 0 spiro atoms. The van der Waals surface area contributed by atoms with Gasteiger partial charge in [-0.1, -0.05) is 18.0 Å². The molecule has 1 aromatic carbocycles. The van der Waals surface area contributed by atoms with Crippen molar-refractivity contribution in [2.75, 3.05) is 12.8 Å². The number of benzene rings is 1. The third kappa shape index (κ3) is 4.24. The summed E-state index contributed by atoms with van der Waals surface area (Å²) in [4.78, 5) is 12.3. The number of sulfone groups is 1. The first-order valence-electron chi connectivity index (χ1n) is 8.55. The van der Waals surface area contributed by atoms with Crippen LogP contribution in [-0.2, 0) is 29.2 Å². The minimum atomic E-state index is -3.49. The summed E-state index contributed by atoms with van der Waals surface area (Å²) in [6, 6.07) is 4.23. The second-order valence-corrected chi connectivity index (χ2v) is 8.81. The van der Waals surface area contributed by atoms with Crippen LogP contribution in [-0.4, -0.2) is 41.9 Å². The van der Waals surface area contributed by atoms with Crippen LogP contribution in [0.3, 0.4) is 0 Å². The number of rotatable bonds is 5. The highest BCUT2D eigenvalue weighted by molar-refractivity contribution is 7.90. The highest BCUT2D eigenvalue weighted by atomic mass is 35.5. The van der Waals surface area contributed by atoms with Gasteiger partial charge in [0.2, 0.25) is 0 Å². The molecule has 0 atom stereocenters. The van der Waals surface area contributed by atoms with Gasteiger partial charge in [-0.15, -0.1) is 10.2 Å². The van der Waals surface area contributed by atoms with E-state index in [9.17, 15) is 13.2 Å². The molecule has 26 heavy (non-hydrogen) atoms. The van der Waals surface area contributed by atoms with E-state index in [2.05, 4.69) is 20.1 Å². The lowest BCUT2D eigenvalue weighted by molar-refractivity contribution is 0.0953. The fourth-order valence-electron chi connectivity index (χ4n) is 3.05. The Bertz CT molecular complexity index is 924. The molecule has 2 heterocycles. The third-order valence-electron chi connectivity index (χ3n) is 4.41. The fraction of sp³-hybridized carbons (Fsp3) is 0.471. The van der Waals surface area contributed by atoms with E-state index in [1.165, 1.54) is 24.6 Å². The standard InChI is InChI=1S/C17H21ClN4O3S/c1-26(24,25)14-11-12(6-7-13(14)18)17(23)19-9-8-16-21-20-15-5-3-2-4-10-22(15)16/h6-7,11H,2-5,8-10H2,1H3,(H,19,23). The molecule has 3 rings (SSSR count). The van der Waals surface area contributed by atoms with Gasteiger partial charge in [0.1, 0.15) is 11.6 Å². The van der Waals surface area contributed by atoms with Gasteiger partial charge in [-0.2, -0.15) is 0 Å². The molecule has 0 saturated carbocycles. The molecule has 2 aromatic rings. The molecular weight excluding hydrogens is 376 g/mol. The first kappa shape index (κ1) is 18.8. The second-order valence-electron chi connectivity index (χ2n) is 6.42. The van der Waals surface area contributed by atoms with Gasteiger partial charge in [-0.3, -0.25) is 4.79 Å². The summed E-state index contributed by atoms with van der Waals surface area (Å²) in [5.41, 5.74) is 0.259. The maximum Gasteiger partial charge on any atom is 0.251 e. The Hall–Kier alpha value is -1.93. The molecule has 0 radical (unpaired) electrons. The quantitative estimate of drug-likeness (QED) is 0.834. The number of fused-ring (bicyclic) bond motifs is 1. The van der Waals surface area contributed by atoms with E-state index in [0.29, 0.717) is 13.0 Å². The molecule has 9 heteroatoms. The fourth-order valence-corrected chi connectivity index (χ4v) is 4.35. The van der Waals surface area contributed by atoms with Gasteiger partial charge < -0.3 is 9.88 Å². The number of carbonyl (C=O) groups excluding carboxylic acids is 1. The number of amides is 1. The summed E-state index contributed by atoms with van der Waals surface area (Å²) in [5, 5.41) is 11.4. The number of aryl methyl sites for hydroxylation is 1. The molecule has 0 fully saturated rings. The van der Waals surface area contributed by atoms with Crippen molar-refractivity contribution in [1.82, 2.24) is 20.1 Å². The lowest BCUT2D eigenvalue weighted by Crippen LogP contribution is -2.26. The Morgan fingerprint density at radius 2 is 2.08 bits per heavy atom. The Kier molecular flexibility index (Phi) is 5.62. The van der Waals surface area contributed by atoms with Crippen LogP contribution in [0.25, 0.3) is 0 Å². The number of hydrogen-bond donors (Lipinski definition) is 1. The molecule has 1 N–H and O–H groups in total. The van der Waals surface area contributed by atoms with E-state index < -0.39 is 9.84 Å². The average Bonchev–Trinajstić information content (AvgIpc) is 2.81. The van der Waals surface area contributed by atoms with E-state index >= 15 is 0 Å². The average molecular weight is 397 g/mol.